The molecule has 4 nitrogen and oxygen atoms in total. The predicted molar refractivity (Wildman–Crippen MR) is 68.1 cm³/mol. The lowest BCUT2D eigenvalue weighted by Crippen LogP contribution is -2.22. The fourth-order valence-electron chi connectivity index (χ4n) is 2.37. The molecule has 6 heteroatoms. The molecule has 1 atom stereocenters. The summed E-state index contributed by atoms with van der Waals surface area (Å²) in [7, 11) is 1.38. The fraction of sp³-hybridized carbons (Fsp3) is 0.571. The Morgan fingerprint density at radius 2 is 1.95 bits per heavy atom. The summed E-state index contributed by atoms with van der Waals surface area (Å²) in [4.78, 5) is 0. The van der Waals surface area contributed by atoms with Gasteiger partial charge in [0.1, 0.15) is 0 Å². The number of alkyl halides is 2. The zero-order chi connectivity index (χ0) is 14.5. The minimum absolute atomic E-state index is 0.0638. The number of rotatable bonds is 5. The highest BCUT2D eigenvalue weighted by Gasteiger charge is 2.24. The maximum atomic E-state index is 12.4. The van der Waals surface area contributed by atoms with Crippen LogP contribution in [0.1, 0.15) is 24.5 Å². The van der Waals surface area contributed by atoms with Crippen molar-refractivity contribution in [2.45, 2.75) is 25.6 Å². The highest BCUT2D eigenvalue weighted by Crippen LogP contribution is 2.35. The van der Waals surface area contributed by atoms with E-state index in [4.69, 9.17) is 9.47 Å². The molecular formula is C14H18F2O4. The molecule has 1 saturated heterocycles. The standard InChI is InChI=1S/C14H18F2O4/c1-18-11-3-2-10(8-12(11)20-14(15)16)13(17)9-4-6-19-7-5-9/h2-3,8-9,13-14,17H,4-7H2,1H3. The third kappa shape index (κ3) is 3.58. The van der Waals surface area contributed by atoms with E-state index in [-0.39, 0.29) is 17.4 Å². The molecule has 20 heavy (non-hydrogen) atoms. The van der Waals surface area contributed by atoms with Crippen molar-refractivity contribution in [3.63, 3.8) is 0 Å². The molecule has 0 bridgehead atoms. The summed E-state index contributed by atoms with van der Waals surface area (Å²) in [6.07, 6.45) is 0.779. The first kappa shape index (κ1) is 15.0. The quantitative estimate of drug-likeness (QED) is 0.905. The molecule has 0 aliphatic carbocycles. The SMILES string of the molecule is COc1ccc(C(O)C2CCOCC2)cc1OC(F)F. The van der Waals surface area contributed by atoms with Gasteiger partial charge in [0.25, 0.3) is 0 Å². The summed E-state index contributed by atoms with van der Waals surface area (Å²) < 4.78 is 39.4. The van der Waals surface area contributed by atoms with Gasteiger partial charge in [-0.05, 0) is 36.5 Å². The number of benzene rings is 1. The summed E-state index contributed by atoms with van der Waals surface area (Å²) in [5.74, 6) is 0.218. The lowest BCUT2D eigenvalue weighted by molar-refractivity contribution is -0.0515. The molecule has 1 aliphatic heterocycles. The lowest BCUT2D eigenvalue weighted by atomic mass is 9.89. The Hall–Kier alpha value is -1.40. The molecule has 1 unspecified atom stereocenters. The summed E-state index contributed by atoms with van der Waals surface area (Å²) in [5.41, 5.74) is 0.549. The summed E-state index contributed by atoms with van der Waals surface area (Å²) >= 11 is 0. The Bertz CT molecular complexity index is 433. The zero-order valence-corrected chi connectivity index (χ0v) is 11.2. The second-order valence-electron chi connectivity index (χ2n) is 4.68. The molecular weight excluding hydrogens is 270 g/mol. The zero-order valence-electron chi connectivity index (χ0n) is 11.2. The van der Waals surface area contributed by atoms with Crippen molar-refractivity contribution in [1.82, 2.24) is 0 Å². The molecule has 1 aromatic rings. The van der Waals surface area contributed by atoms with E-state index in [1.54, 1.807) is 6.07 Å². The molecule has 0 saturated carbocycles. The second-order valence-corrected chi connectivity index (χ2v) is 4.68. The van der Waals surface area contributed by atoms with Crippen LogP contribution in [0.25, 0.3) is 0 Å². The van der Waals surface area contributed by atoms with E-state index in [2.05, 4.69) is 4.74 Å². The number of methoxy groups -OCH3 is 1. The van der Waals surface area contributed by atoms with Crippen LogP contribution in [0, 0.1) is 5.92 Å². The highest BCUT2D eigenvalue weighted by atomic mass is 19.3. The molecule has 1 aliphatic rings. The average molecular weight is 288 g/mol. The Labute approximate surface area is 116 Å². The maximum Gasteiger partial charge on any atom is 0.387 e. The number of aliphatic hydroxyl groups excluding tert-OH is 1. The van der Waals surface area contributed by atoms with Crippen molar-refractivity contribution in [3.8, 4) is 11.5 Å². The smallest absolute Gasteiger partial charge is 0.387 e. The number of hydrogen-bond donors (Lipinski definition) is 1. The molecule has 0 amide bonds. The van der Waals surface area contributed by atoms with Crippen LogP contribution in [0.3, 0.4) is 0 Å². The Balaban J connectivity index is 2.18. The van der Waals surface area contributed by atoms with Gasteiger partial charge in [0.2, 0.25) is 0 Å². The molecule has 1 N–H and O–H groups in total. The van der Waals surface area contributed by atoms with Gasteiger partial charge in [0.15, 0.2) is 11.5 Å². The van der Waals surface area contributed by atoms with Gasteiger partial charge < -0.3 is 19.3 Å². The first-order valence-electron chi connectivity index (χ1n) is 6.50. The Kier molecular flexibility index (Phi) is 5.14. The summed E-state index contributed by atoms with van der Waals surface area (Å²) in [6, 6.07) is 4.60. The van der Waals surface area contributed by atoms with Crippen LogP contribution < -0.4 is 9.47 Å². The monoisotopic (exact) mass is 288 g/mol. The summed E-state index contributed by atoms with van der Waals surface area (Å²) in [6.45, 7) is -1.71. The first-order valence-corrected chi connectivity index (χ1v) is 6.50. The third-order valence-corrected chi connectivity index (χ3v) is 3.46. The van der Waals surface area contributed by atoms with Crippen LogP contribution in [-0.4, -0.2) is 32.0 Å². The van der Waals surface area contributed by atoms with Gasteiger partial charge in [-0.1, -0.05) is 6.07 Å². The van der Waals surface area contributed by atoms with Crippen LogP contribution in [0.2, 0.25) is 0 Å². The molecule has 0 aromatic heterocycles. The van der Waals surface area contributed by atoms with E-state index in [0.29, 0.717) is 18.8 Å². The molecule has 1 fully saturated rings. The lowest BCUT2D eigenvalue weighted by Gasteiger charge is -2.27. The van der Waals surface area contributed by atoms with Crippen molar-refractivity contribution in [3.05, 3.63) is 23.8 Å². The summed E-state index contributed by atoms with van der Waals surface area (Å²) in [5, 5.41) is 10.3. The van der Waals surface area contributed by atoms with Crippen LogP contribution in [0.4, 0.5) is 8.78 Å². The third-order valence-electron chi connectivity index (χ3n) is 3.46. The topological polar surface area (TPSA) is 47.9 Å². The molecule has 1 aromatic carbocycles. The van der Waals surface area contributed by atoms with E-state index in [1.165, 1.54) is 19.2 Å². The number of hydrogen-bond acceptors (Lipinski definition) is 4. The van der Waals surface area contributed by atoms with E-state index in [1.807, 2.05) is 0 Å². The molecule has 0 radical (unpaired) electrons. The highest BCUT2D eigenvalue weighted by molar-refractivity contribution is 5.43. The van der Waals surface area contributed by atoms with Crippen molar-refractivity contribution in [2.75, 3.05) is 20.3 Å². The van der Waals surface area contributed by atoms with Gasteiger partial charge in [-0.25, -0.2) is 0 Å². The minimum atomic E-state index is -2.93. The van der Waals surface area contributed by atoms with Crippen LogP contribution in [0.15, 0.2) is 18.2 Å². The van der Waals surface area contributed by atoms with Crippen LogP contribution in [0.5, 0.6) is 11.5 Å². The minimum Gasteiger partial charge on any atom is -0.493 e. The Morgan fingerprint density at radius 3 is 2.55 bits per heavy atom. The molecule has 2 rings (SSSR count). The van der Waals surface area contributed by atoms with E-state index in [0.717, 1.165) is 12.8 Å². The van der Waals surface area contributed by atoms with Crippen molar-refractivity contribution < 1.29 is 28.1 Å². The number of halogens is 2. The van der Waals surface area contributed by atoms with Gasteiger partial charge in [-0.15, -0.1) is 0 Å². The second kappa shape index (κ2) is 6.85. The Morgan fingerprint density at radius 1 is 1.25 bits per heavy atom. The number of aliphatic hydroxyl groups is 1. The van der Waals surface area contributed by atoms with Crippen LogP contribution in [-0.2, 0) is 4.74 Å². The largest absolute Gasteiger partial charge is 0.493 e. The van der Waals surface area contributed by atoms with Gasteiger partial charge in [-0.2, -0.15) is 8.78 Å². The van der Waals surface area contributed by atoms with Gasteiger partial charge in [0, 0.05) is 13.2 Å². The average Bonchev–Trinajstić information content (AvgIpc) is 2.46. The first-order chi connectivity index (χ1) is 9.61. The van der Waals surface area contributed by atoms with E-state index < -0.39 is 12.7 Å². The normalized spacial score (nSPS) is 18.1. The van der Waals surface area contributed by atoms with Gasteiger partial charge >= 0.3 is 6.61 Å². The van der Waals surface area contributed by atoms with E-state index >= 15 is 0 Å². The van der Waals surface area contributed by atoms with Crippen LogP contribution >= 0.6 is 0 Å². The molecule has 1 heterocycles. The predicted octanol–water partition coefficient (Wildman–Crippen LogP) is 2.76. The molecule has 112 valence electrons. The van der Waals surface area contributed by atoms with Crippen molar-refractivity contribution in [2.24, 2.45) is 5.92 Å². The maximum absolute atomic E-state index is 12.4. The van der Waals surface area contributed by atoms with Crippen molar-refractivity contribution in [1.29, 1.82) is 0 Å². The van der Waals surface area contributed by atoms with Gasteiger partial charge in [-0.3, -0.25) is 0 Å². The molecule has 0 spiro atoms. The van der Waals surface area contributed by atoms with Gasteiger partial charge in [0.05, 0.1) is 13.2 Å². The van der Waals surface area contributed by atoms with Crippen molar-refractivity contribution >= 4 is 0 Å². The number of ether oxygens (including phenoxy) is 3. The van der Waals surface area contributed by atoms with E-state index in [9.17, 15) is 13.9 Å². The fourth-order valence-corrected chi connectivity index (χ4v) is 2.37.